The summed E-state index contributed by atoms with van der Waals surface area (Å²) >= 11 is 0. The Bertz CT molecular complexity index is 584. The van der Waals surface area contributed by atoms with Gasteiger partial charge in [0.2, 0.25) is 0 Å². The first-order chi connectivity index (χ1) is 11.8. The molecule has 2 saturated heterocycles. The van der Waals surface area contributed by atoms with E-state index < -0.39 is 11.7 Å². The van der Waals surface area contributed by atoms with Gasteiger partial charge in [-0.1, -0.05) is 6.07 Å². The van der Waals surface area contributed by atoms with E-state index in [1.807, 2.05) is 7.05 Å². The number of hydrogen-bond donors (Lipinski definition) is 1. The molecule has 1 atom stereocenters. The summed E-state index contributed by atoms with van der Waals surface area (Å²) in [6, 6.07) is 4.61. The maximum Gasteiger partial charge on any atom is 0.416 e. The Morgan fingerprint density at radius 2 is 1.92 bits per heavy atom. The highest BCUT2D eigenvalue weighted by Gasteiger charge is 2.32. The summed E-state index contributed by atoms with van der Waals surface area (Å²) in [4.78, 5) is 2.10. The minimum absolute atomic E-state index is 0.418. The van der Waals surface area contributed by atoms with Crippen LogP contribution < -0.4 is 10.2 Å². The van der Waals surface area contributed by atoms with E-state index in [0.29, 0.717) is 12.6 Å². The van der Waals surface area contributed by atoms with Crippen molar-refractivity contribution in [2.45, 2.75) is 38.5 Å². The van der Waals surface area contributed by atoms with Crippen LogP contribution in [0.15, 0.2) is 18.2 Å². The number of anilines is 1. The van der Waals surface area contributed by atoms with Crippen LogP contribution in [-0.4, -0.2) is 55.8 Å². The first-order valence-electron chi connectivity index (χ1n) is 8.99. The third-order valence-corrected chi connectivity index (χ3v) is 5.09. The Hall–Kier alpha value is -1.31. The van der Waals surface area contributed by atoms with E-state index in [1.54, 1.807) is 6.07 Å². The Balaban J connectivity index is 1.81. The molecule has 25 heavy (non-hydrogen) atoms. The summed E-state index contributed by atoms with van der Waals surface area (Å²) in [6.07, 6.45) is -2.21. The van der Waals surface area contributed by atoms with Gasteiger partial charge in [-0.25, -0.2) is 10.0 Å². The number of nitrogens with one attached hydrogen (secondary N) is 1. The van der Waals surface area contributed by atoms with Crippen molar-refractivity contribution in [3.63, 3.8) is 0 Å². The van der Waals surface area contributed by atoms with Crippen LogP contribution >= 0.6 is 0 Å². The number of piperazine rings is 1. The summed E-state index contributed by atoms with van der Waals surface area (Å²) in [6.45, 7) is 7.20. The highest BCUT2D eigenvalue weighted by atomic mass is 19.4. The van der Waals surface area contributed by atoms with Crippen LogP contribution in [0, 0.1) is 0 Å². The van der Waals surface area contributed by atoms with Crippen molar-refractivity contribution in [1.29, 1.82) is 0 Å². The van der Waals surface area contributed by atoms with E-state index in [4.69, 9.17) is 0 Å². The molecular formula is C18H27F3N4. The Morgan fingerprint density at radius 3 is 2.56 bits per heavy atom. The minimum atomic E-state index is -4.30. The lowest BCUT2D eigenvalue weighted by Gasteiger charge is -2.38. The largest absolute Gasteiger partial charge is 0.416 e. The molecule has 1 N–H and O–H groups in total. The maximum atomic E-state index is 13.1. The smallest absolute Gasteiger partial charge is 0.371 e. The van der Waals surface area contributed by atoms with Crippen molar-refractivity contribution in [1.82, 2.24) is 15.3 Å². The highest BCUT2D eigenvalue weighted by Crippen LogP contribution is 2.35. The van der Waals surface area contributed by atoms with Gasteiger partial charge in [0.25, 0.3) is 0 Å². The van der Waals surface area contributed by atoms with Crippen LogP contribution in [0.1, 0.15) is 30.9 Å². The van der Waals surface area contributed by atoms with Crippen LogP contribution in [0.2, 0.25) is 0 Å². The first-order valence-corrected chi connectivity index (χ1v) is 8.99. The van der Waals surface area contributed by atoms with Crippen LogP contribution in [0.4, 0.5) is 18.9 Å². The molecule has 0 radical (unpaired) electrons. The van der Waals surface area contributed by atoms with Gasteiger partial charge in [-0.05, 0) is 37.5 Å². The van der Waals surface area contributed by atoms with Gasteiger partial charge in [-0.2, -0.15) is 13.2 Å². The first kappa shape index (κ1) is 18.5. The number of alkyl halides is 3. The van der Waals surface area contributed by atoms with E-state index in [2.05, 4.69) is 27.2 Å². The lowest BCUT2D eigenvalue weighted by molar-refractivity contribution is -0.137. The van der Waals surface area contributed by atoms with Crippen LogP contribution in [0.3, 0.4) is 0 Å². The molecule has 0 aliphatic carbocycles. The molecule has 7 heteroatoms. The number of hydrogen-bond acceptors (Lipinski definition) is 4. The van der Waals surface area contributed by atoms with E-state index in [-0.39, 0.29) is 0 Å². The van der Waals surface area contributed by atoms with Gasteiger partial charge in [0.05, 0.1) is 5.56 Å². The van der Waals surface area contributed by atoms with Crippen LogP contribution in [0.5, 0.6) is 0 Å². The Morgan fingerprint density at radius 1 is 1.20 bits per heavy atom. The second kappa shape index (κ2) is 7.51. The second-order valence-corrected chi connectivity index (χ2v) is 7.12. The number of nitrogens with zero attached hydrogens (tertiary/aromatic N) is 3. The molecule has 2 aliphatic rings. The lowest BCUT2D eigenvalue weighted by atomic mass is 10.1. The molecule has 0 spiro atoms. The summed E-state index contributed by atoms with van der Waals surface area (Å²) in [5.74, 6) is 0. The molecule has 0 unspecified atom stereocenters. The third-order valence-electron chi connectivity index (χ3n) is 5.09. The predicted octanol–water partition coefficient (Wildman–Crippen LogP) is 2.95. The van der Waals surface area contributed by atoms with Crippen molar-refractivity contribution in [3.8, 4) is 0 Å². The normalized spacial score (nSPS) is 22.8. The fraction of sp³-hybridized carbons (Fsp3) is 0.667. The summed E-state index contributed by atoms with van der Waals surface area (Å²) in [5.41, 5.74) is 1.14. The van der Waals surface area contributed by atoms with Gasteiger partial charge >= 0.3 is 6.18 Å². The topological polar surface area (TPSA) is 21.8 Å². The fourth-order valence-corrected chi connectivity index (χ4v) is 3.69. The van der Waals surface area contributed by atoms with Crippen LogP contribution in [0.25, 0.3) is 0 Å². The van der Waals surface area contributed by atoms with Crippen molar-refractivity contribution in [2.24, 2.45) is 0 Å². The molecule has 2 aliphatic heterocycles. The average Bonchev–Trinajstić information content (AvgIpc) is 3.08. The van der Waals surface area contributed by atoms with Crippen molar-refractivity contribution >= 4 is 5.69 Å². The quantitative estimate of drug-likeness (QED) is 0.895. The monoisotopic (exact) mass is 356 g/mol. The lowest BCUT2D eigenvalue weighted by Crippen LogP contribution is -2.54. The summed E-state index contributed by atoms with van der Waals surface area (Å²) < 4.78 is 39.4. The molecule has 3 rings (SSSR count). The second-order valence-electron chi connectivity index (χ2n) is 7.12. The zero-order valence-corrected chi connectivity index (χ0v) is 14.9. The highest BCUT2D eigenvalue weighted by molar-refractivity contribution is 5.56. The van der Waals surface area contributed by atoms with Crippen LogP contribution in [-0.2, 0) is 12.7 Å². The number of benzene rings is 1. The Labute approximate surface area is 147 Å². The third kappa shape index (κ3) is 4.46. The summed E-state index contributed by atoms with van der Waals surface area (Å²) in [7, 11) is 2.02. The molecule has 1 aromatic carbocycles. The van der Waals surface area contributed by atoms with Gasteiger partial charge in [0, 0.05) is 58.0 Å². The molecule has 0 amide bonds. The average molecular weight is 356 g/mol. The molecule has 0 saturated carbocycles. The van der Waals surface area contributed by atoms with E-state index in [1.165, 1.54) is 12.1 Å². The predicted molar refractivity (Wildman–Crippen MR) is 93.4 cm³/mol. The van der Waals surface area contributed by atoms with E-state index >= 15 is 0 Å². The van der Waals surface area contributed by atoms with Gasteiger partial charge in [0.15, 0.2) is 0 Å². The van der Waals surface area contributed by atoms with Gasteiger partial charge in [-0.3, -0.25) is 0 Å². The van der Waals surface area contributed by atoms with Gasteiger partial charge in [-0.15, -0.1) is 0 Å². The van der Waals surface area contributed by atoms with Crippen molar-refractivity contribution in [2.75, 3.05) is 44.7 Å². The SMILES string of the molecule is C[C@H]1CN(N(C)Cc2ccc(C(F)(F)F)cc2N2CCCC2)CCN1. The minimum Gasteiger partial charge on any atom is -0.371 e. The van der Waals surface area contributed by atoms with Crippen molar-refractivity contribution in [3.05, 3.63) is 29.3 Å². The molecule has 4 nitrogen and oxygen atoms in total. The summed E-state index contributed by atoms with van der Waals surface area (Å²) in [5, 5.41) is 7.82. The Kier molecular flexibility index (Phi) is 5.55. The molecular weight excluding hydrogens is 329 g/mol. The molecule has 0 aromatic heterocycles. The maximum absolute atomic E-state index is 13.1. The standard InChI is InChI=1S/C18H27F3N4/c1-14-12-25(10-7-22-14)23(2)13-15-5-6-16(18(19,20)21)11-17(15)24-8-3-4-9-24/h5-6,11,14,22H,3-4,7-10,12-13H2,1-2H3/t14-/m0/s1. The van der Waals surface area contributed by atoms with E-state index in [9.17, 15) is 13.2 Å². The molecule has 0 bridgehead atoms. The fourth-order valence-electron chi connectivity index (χ4n) is 3.69. The molecule has 1 aromatic rings. The molecule has 2 heterocycles. The molecule has 2 fully saturated rings. The number of hydrazine groups is 1. The van der Waals surface area contributed by atoms with Crippen molar-refractivity contribution < 1.29 is 13.2 Å². The van der Waals surface area contributed by atoms with Gasteiger partial charge < -0.3 is 10.2 Å². The molecule has 140 valence electrons. The zero-order valence-electron chi connectivity index (χ0n) is 14.9. The number of rotatable bonds is 4. The van der Waals surface area contributed by atoms with E-state index in [0.717, 1.165) is 56.8 Å². The zero-order chi connectivity index (χ0) is 18.0. The van der Waals surface area contributed by atoms with Gasteiger partial charge in [0.1, 0.15) is 0 Å². The number of halogens is 3.